The average molecular weight is 303 g/mol. The predicted molar refractivity (Wildman–Crippen MR) is 74.7 cm³/mol. The molecule has 0 saturated carbocycles. The normalized spacial score (nSPS) is 19.1. The number of hydrogen-bond donors (Lipinski definition) is 0. The molecule has 90 valence electrons. The molecule has 4 heteroatoms. The van der Waals surface area contributed by atoms with Crippen molar-refractivity contribution in [2.24, 2.45) is 0 Å². The molecule has 1 aliphatic rings. The summed E-state index contributed by atoms with van der Waals surface area (Å²) in [6, 6.07) is 2.24. The molecule has 0 aliphatic carbocycles. The van der Waals surface area contributed by atoms with Crippen LogP contribution in [0.5, 0.6) is 0 Å². The summed E-state index contributed by atoms with van der Waals surface area (Å²) < 4.78 is 0. The molecule has 2 heterocycles. The molecule has 2 rings (SSSR count). The lowest BCUT2D eigenvalue weighted by atomic mass is 10.2. The zero-order valence-electron chi connectivity index (χ0n) is 9.57. The summed E-state index contributed by atoms with van der Waals surface area (Å²) in [4.78, 5) is 5.12. The molecule has 1 aromatic rings. The van der Waals surface area contributed by atoms with Gasteiger partial charge in [-0.25, -0.2) is 0 Å². The number of nitrogens with zero attached hydrogens (tertiary/aromatic N) is 2. The molecule has 1 saturated heterocycles. The van der Waals surface area contributed by atoms with E-state index in [1.54, 1.807) is 11.3 Å². The highest BCUT2D eigenvalue weighted by Gasteiger charge is 2.15. The van der Waals surface area contributed by atoms with E-state index < -0.39 is 0 Å². The lowest BCUT2D eigenvalue weighted by Gasteiger charge is -2.34. The Morgan fingerprint density at radius 1 is 1.12 bits per heavy atom. The van der Waals surface area contributed by atoms with E-state index in [2.05, 4.69) is 42.6 Å². The first-order chi connectivity index (χ1) is 7.88. The fraction of sp³-hybridized carbons (Fsp3) is 0.667. The van der Waals surface area contributed by atoms with Crippen LogP contribution in [0.25, 0.3) is 0 Å². The maximum Gasteiger partial charge on any atom is 0.0159 e. The smallest absolute Gasteiger partial charge is 0.0159 e. The Morgan fingerprint density at radius 3 is 2.38 bits per heavy atom. The van der Waals surface area contributed by atoms with Crippen LogP contribution in [-0.4, -0.2) is 54.4 Å². The van der Waals surface area contributed by atoms with Crippen LogP contribution in [0.2, 0.25) is 0 Å². The highest BCUT2D eigenvalue weighted by atomic mass is 79.9. The van der Waals surface area contributed by atoms with Crippen molar-refractivity contribution < 1.29 is 0 Å². The van der Waals surface area contributed by atoms with Gasteiger partial charge in [0.15, 0.2) is 0 Å². The fourth-order valence-electron chi connectivity index (χ4n) is 2.08. The van der Waals surface area contributed by atoms with Crippen molar-refractivity contribution in [3.05, 3.63) is 22.4 Å². The van der Waals surface area contributed by atoms with Gasteiger partial charge >= 0.3 is 0 Å². The van der Waals surface area contributed by atoms with Crippen LogP contribution in [0.1, 0.15) is 5.56 Å². The van der Waals surface area contributed by atoms with Gasteiger partial charge in [0, 0.05) is 44.6 Å². The largest absolute Gasteiger partial charge is 0.300 e. The number of hydrogen-bond acceptors (Lipinski definition) is 3. The summed E-state index contributed by atoms with van der Waals surface area (Å²) >= 11 is 5.30. The van der Waals surface area contributed by atoms with Crippen molar-refractivity contribution in [3.8, 4) is 0 Å². The molecule has 0 atom stereocenters. The molecule has 0 bridgehead atoms. The molecular formula is C12H19BrN2S. The van der Waals surface area contributed by atoms with Crippen molar-refractivity contribution in [2.75, 3.05) is 44.6 Å². The van der Waals surface area contributed by atoms with Gasteiger partial charge in [-0.3, -0.25) is 4.90 Å². The molecule has 0 unspecified atom stereocenters. The van der Waals surface area contributed by atoms with Crippen molar-refractivity contribution >= 4 is 27.3 Å². The standard InChI is InChI=1S/C12H19BrN2S/c13-3-5-15-8-6-14(7-9-15)4-1-12-2-10-16-11-12/h2,10-11H,1,3-9H2. The second-order valence-corrected chi connectivity index (χ2v) is 5.83. The van der Waals surface area contributed by atoms with Crippen molar-refractivity contribution in [1.29, 1.82) is 0 Å². The topological polar surface area (TPSA) is 6.48 Å². The lowest BCUT2D eigenvalue weighted by Crippen LogP contribution is -2.47. The minimum atomic E-state index is 1.10. The first-order valence-electron chi connectivity index (χ1n) is 5.90. The number of alkyl halides is 1. The maximum atomic E-state index is 3.50. The van der Waals surface area contributed by atoms with E-state index in [4.69, 9.17) is 0 Å². The van der Waals surface area contributed by atoms with Crippen LogP contribution >= 0.6 is 27.3 Å². The lowest BCUT2D eigenvalue weighted by molar-refractivity contribution is 0.139. The summed E-state index contributed by atoms with van der Waals surface area (Å²) in [5.41, 5.74) is 1.49. The van der Waals surface area contributed by atoms with Crippen molar-refractivity contribution in [2.45, 2.75) is 6.42 Å². The van der Waals surface area contributed by atoms with Gasteiger partial charge < -0.3 is 4.90 Å². The van der Waals surface area contributed by atoms with Gasteiger partial charge in [0.25, 0.3) is 0 Å². The molecule has 0 spiro atoms. The van der Waals surface area contributed by atoms with E-state index in [1.807, 2.05) is 0 Å². The third-order valence-electron chi connectivity index (χ3n) is 3.16. The molecule has 0 radical (unpaired) electrons. The third-order valence-corrected chi connectivity index (χ3v) is 4.25. The molecule has 16 heavy (non-hydrogen) atoms. The minimum absolute atomic E-state index is 1.10. The van der Waals surface area contributed by atoms with Crippen LogP contribution in [0.3, 0.4) is 0 Å². The Balaban J connectivity index is 1.65. The molecule has 0 aromatic carbocycles. The summed E-state index contributed by atoms with van der Waals surface area (Å²) in [5, 5.41) is 5.53. The summed E-state index contributed by atoms with van der Waals surface area (Å²) in [7, 11) is 0. The molecule has 1 aromatic heterocycles. The SMILES string of the molecule is BrCCN1CCN(CCc2ccsc2)CC1. The van der Waals surface area contributed by atoms with Gasteiger partial charge in [-0.15, -0.1) is 0 Å². The molecule has 2 nitrogen and oxygen atoms in total. The predicted octanol–water partition coefficient (Wildman–Crippen LogP) is 2.30. The highest BCUT2D eigenvalue weighted by molar-refractivity contribution is 9.09. The average Bonchev–Trinajstić information content (AvgIpc) is 2.82. The van der Waals surface area contributed by atoms with Crippen LogP contribution in [0.4, 0.5) is 0 Å². The Labute approximate surface area is 110 Å². The Bertz CT molecular complexity index is 281. The zero-order valence-corrected chi connectivity index (χ0v) is 12.0. The summed E-state index contributed by atoms with van der Waals surface area (Å²) in [6.07, 6.45) is 1.21. The second-order valence-electron chi connectivity index (χ2n) is 4.25. The van der Waals surface area contributed by atoms with E-state index >= 15 is 0 Å². The zero-order chi connectivity index (χ0) is 11.2. The van der Waals surface area contributed by atoms with Gasteiger partial charge in [0.05, 0.1) is 0 Å². The van der Waals surface area contributed by atoms with E-state index in [0.717, 1.165) is 5.33 Å². The van der Waals surface area contributed by atoms with Crippen LogP contribution < -0.4 is 0 Å². The Kier molecular flexibility index (Phi) is 5.29. The molecule has 1 fully saturated rings. The van der Waals surface area contributed by atoms with Crippen molar-refractivity contribution in [3.63, 3.8) is 0 Å². The van der Waals surface area contributed by atoms with Gasteiger partial charge in [-0.05, 0) is 28.8 Å². The third kappa shape index (κ3) is 3.84. The van der Waals surface area contributed by atoms with Gasteiger partial charge in [0.2, 0.25) is 0 Å². The van der Waals surface area contributed by atoms with E-state index in [-0.39, 0.29) is 0 Å². The second kappa shape index (κ2) is 6.74. The monoisotopic (exact) mass is 302 g/mol. The fourth-order valence-corrected chi connectivity index (χ4v) is 3.28. The quantitative estimate of drug-likeness (QED) is 0.770. The van der Waals surface area contributed by atoms with E-state index in [0.29, 0.717) is 0 Å². The van der Waals surface area contributed by atoms with Crippen LogP contribution in [-0.2, 0) is 6.42 Å². The minimum Gasteiger partial charge on any atom is -0.300 e. The van der Waals surface area contributed by atoms with Crippen LogP contribution in [0.15, 0.2) is 16.8 Å². The number of piperazine rings is 1. The van der Waals surface area contributed by atoms with E-state index in [1.165, 1.54) is 51.3 Å². The maximum absolute atomic E-state index is 3.50. The number of rotatable bonds is 5. The first-order valence-corrected chi connectivity index (χ1v) is 7.96. The Morgan fingerprint density at radius 2 is 1.81 bits per heavy atom. The molecular weight excluding hydrogens is 284 g/mol. The van der Waals surface area contributed by atoms with Gasteiger partial charge in [-0.1, -0.05) is 15.9 Å². The number of halogens is 1. The summed E-state index contributed by atoms with van der Waals surface area (Å²) in [6.45, 7) is 7.34. The summed E-state index contributed by atoms with van der Waals surface area (Å²) in [5.74, 6) is 0. The molecule has 1 aliphatic heterocycles. The highest BCUT2D eigenvalue weighted by Crippen LogP contribution is 2.09. The molecule has 0 N–H and O–H groups in total. The van der Waals surface area contributed by atoms with Gasteiger partial charge in [-0.2, -0.15) is 11.3 Å². The first kappa shape index (κ1) is 12.6. The van der Waals surface area contributed by atoms with Gasteiger partial charge in [0.1, 0.15) is 0 Å². The van der Waals surface area contributed by atoms with Crippen LogP contribution in [0, 0.1) is 0 Å². The number of thiophene rings is 1. The Hall–Kier alpha value is 0.100. The van der Waals surface area contributed by atoms with E-state index in [9.17, 15) is 0 Å². The van der Waals surface area contributed by atoms with Crippen molar-refractivity contribution in [1.82, 2.24) is 9.80 Å². The molecule has 0 amide bonds.